The molecular formula is C15H17BrN2O3. The number of hydrogen-bond acceptors (Lipinski definition) is 3. The number of nitro groups is 1. The van der Waals surface area contributed by atoms with Crippen LogP contribution in [0.2, 0.25) is 0 Å². The molecule has 0 spiro atoms. The van der Waals surface area contributed by atoms with Crippen LogP contribution in [0.5, 0.6) is 0 Å². The molecule has 0 heterocycles. The largest absolute Gasteiger partial charge is 0.332 e. The van der Waals surface area contributed by atoms with Gasteiger partial charge in [0.25, 0.3) is 11.6 Å². The van der Waals surface area contributed by atoms with Crippen LogP contribution in [0.4, 0.5) is 5.69 Å². The van der Waals surface area contributed by atoms with Gasteiger partial charge in [0.2, 0.25) is 0 Å². The summed E-state index contributed by atoms with van der Waals surface area (Å²) in [5.74, 6) is -0.183. The maximum Gasteiger partial charge on any atom is 0.284 e. The Hall–Kier alpha value is -1.69. The fourth-order valence-electron chi connectivity index (χ4n) is 2.73. The summed E-state index contributed by atoms with van der Waals surface area (Å²) in [7, 11) is 0. The van der Waals surface area contributed by atoms with Gasteiger partial charge in [-0.3, -0.25) is 14.9 Å². The molecule has 21 heavy (non-hydrogen) atoms. The predicted molar refractivity (Wildman–Crippen MR) is 84.3 cm³/mol. The number of benzene rings is 1. The van der Waals surface area contributed by atoms with Crippen molar-refractivity contribution in [3.63, 3.8) is 0 Å². The molecule has 1 aliphatic rings. The fourth-order valence-corrected chi connectivity index (χ4v) is 3.31. The van der Waals surface area contributed by atoms with E-state index in [1.54, 1.807) is 17.0 Å². The molecule has 1 amide bonds. The van der Waals surface area contributed by atoms with E-state index in [1.807, 2.05) is 0 Å². The van der Waals surface area contributed by atoms with Crippen molar-refractivity contribution >= 4 is 27.5 Å². The summed E-state index contributed by atoms with van der Waals surface area (Å²) in [5, 5.41) is 11.0. The Morgan fingerprint density at radius 1 is 1.48 bits per heavy atom. The van der Waals surface area contributed by atoms with Gasteiger partial charge in [0, 0.05) is 18.7 Å². The number of carbonyl (C=O) groups excluding carboxylic acids is 1. The zero-order valence-corrected chi connectivity index (χ0v) is 13.2. The number of rotatable bonds is 5. The first-order valence-electron chi connectivity index (χ1n) is 6.91. The van der Waals surface area contributed by atoms with Crippen molar-refractivity contribution in [2.24, 2.45) is 0 Å². The Morgan fingerprint density at radius 3 is 2.71 bits per heavy atom. The average Bonchev–Trinajstić information content (AvgIpc) is 2.98. The van der Waals surface area contributed by atoms with E-state index in [0.29, 0.717) is 12.1 Å². The van der Waals surface area contributed by atoms with Gasteiger partial charge in [-0.1, -0.05) is 25.0 Å². The van der Waals surface area contributed by atoms with Crippen LogP contribution in [-0.2, 0) is 0 Å². The molecule has 1 aromatic rings. The number of amides is 1. The first kappa shape index (κ1) is 15.7. The van der Waals surface area contributed by atoms with Crippen LogP contribution in [0.1, 0.15) is 36.0 Å². The van der Waals surface area contributed by atoms with Crippen molar-refractivity contribution in [1.82, 2.24) is 4.90 Å². The molecule has 0 aliphatic heterocycles. The third-order valence-corrected chi connectivity index (χ3v) is 4.59. The van der Waals surface area contributed by atoms with Crippen LogP contribution in [0.25, 0.3) is 0 Å². The van der Waals surface area contributed by atoms with Gasteiger partial charge < -0.3 is 4.90 Å². The lowest BCUT2D eigenvalue weighted by molar-refractivity contribution is -0.385. The van der Waals surface area contributed by atoms with Crippen LogP contribution in [-0.4, -0.2) is 28.3 Å². The maximum atomic E-state index is 12.7. The lowest BCUT2D eigenvalue weighted by atomic mass is 10.1. The first-order chi connectivity index (χ1) is 10.1. The van der Waals surface area contributed by atoms with E-state index < -0.39 is 4.92 Å². The summed E-state index contributed by atoms with van der Waals surface area (Å²) in [4.78, 5) is 25.0. The lowest BCUT2D eigenvalue weighted by Crippen LogP contribution is -2.39. The van der Waals surface area contributed by atoms with Crippen LogP contribution in [0.3, 0.4) is 0 Å². The molecule has 6 heteroatoms. The molecule has 112 valence electrons. The summed E-state index contributed by atoms with van der Waals surface area (Å²) >= 11 is 3.20. The average molecular weight is 353 g/mol. The molecular weight excluding hydrogens is 336 g/mol. The molecule has 0 aromatic heterocycles. The van der Waals surface area contributed by atoms with Gasteiger partial charge in [-0.25, -0.2) is 0 Å². The van der Waals surface area contributed by atoms with Gasteiger partial charge in [0.1, 0.15) is 4.47 Å². The molecule has 1 aromatic carbocycles. The summed E-state index contributed by atoms with van der Waals surface area (Å²) in [6, 6.07) is 4.73. The van der Waals surface area contributed by atoms with Crippen molar-refractivity contribution in [3.05, 3.63) is 51.0 Å². The zero-order chi connectivity index (χ0) is 15.4. The second-order valence-electron chi connectivity index (χ2n) is 5.08. The minimum absolute atomic E-state index is 0.0918. The number of hydrogen-bond donors (Lipinski definition) is 0. The number of nitrogens with zero attached hydrogens (tertiary/aromatic N) is 2. The Bertz CT molecular complexity index is 568. The highest BCUT2D eigenvalue weighted by Gasteiger charge is 2.29. The van der Waals surface area contributed by atoms with E-state index in [1.165, 1.54) is 12.1 Å². The van der Waals surface area contributed by atoms with Crippen LogP contribution < -0.4 is 0 Å². The van der Waals surface area contributed by atoms with Gasteiger partial charge in [-0.2, -0.15) is 0 Å². The van der Waals surface area contributed by atoms with Crippen molar-refractivity contribution in [2.75, 3.05) is 6.54 Å². The van der Waals surface area contributed by atoms with Crippen molar-refractivity contribution in [1.29, 1.82) is 0 Å². The highest BCUT2D eigenvalue weighted by Crippen LogP contribution is 2.31. The normalized spacial score (nSPS) is 14.9. The van der Waals surface area contributed by atoms with Crippen LogP contribution >= 0.6 is 15.9 Å². The van der Waals surface area contributed by atoms with Crippen LogP contribution in [0, 0.1) is 10.1 Å². The van der Waals surface area contributed by atoms with E-state index in [2.05, 4.69) is 22.5 Å². The quantitative estimate of drug-likeness (QED) is 0.458. The molecule has 1 fully saturated rings. The van der Waals surface area contributed by atoms with Gasteiger partial charge in [-0.05, 0) is 34.8 Å². The summed E-state index contributed by atoms with van der Waals surface area (Å²) < 4.78 is 0.243. The molecule has 0 unspecified atom stereocenters. The second kappa shape index (κ2) is 6.85. The third kappa shape index (κ3) is 3.32. The van der Waals surface area contributed by atoms with Crippen molar-refractivity contribution in [3.8, 4) is 0 Å². The monoisotopic (exact) mass is 352 g/mol. The standard InChI is InChI=1S/C15H17BrN2O3/c1-2-10-17(11-6-3-4-7-11)15(19)12-8-5-9-13(14(12)16)18(20)21/h2,5,8-9,11H,1,3-4,6-7,10H2. The number of nitro benzene ring substituents is 1. The second-order valence-corrected chi connectivity index (χ2v) is 5.87. The van der Waals surface area contributed by atoms with Gasteiger partial charge in [0.15, 0.2) is 0 Å². The Morgan fingerprint density at radius 2 is 2.14 bits per heavy atom. The van der Waals surface area contributed by atoms with Gasteiger partial charge >= 0.3 is 0 Å². The van der Waals surface area contributed by atoms with Gasteiger partial charge in [-0.15, -0.1) is 6.58 Å². The molecule has 0 N–H and O–H groups in total. The molecule has 0 bridgehead atoms. The van der Waals surface area contributed by atoms with Crippen LogP contribution in [0.15, 0.2) is 35.3 Å². The lowest BCUT2D eigenvalue weighted by Gasteiger charge is -2.28. The SMILES string of the molecule is C=CCN(C(=O)c1cccc([N+](=O)[O-])c1Br)C1CCCC1. The molecule has 1 aliphatic carbocycles. The minimum atomic E-state index is -0.492. The van der Waals surface area contributed by atoms with E-state index in [9.17, 15) is 14.9 Å². The number of carbonyl (C=O) groups is 1. The molecule has 2 rings (SSSR count). The summed E-state index contributed by atoms with van der Waals surface area (Å²) in [5.41, 5.74) is 0.240. The fraction of sp³-hybridized carbons (Fsp3) is 0.400. The highest BCUT2D eigenvalue weighted by atomic mass is 79.9. The predicted octanol–water partition coefficient (Wildman–Crippen LogP) is 3.93. The zero-order valence-electron chi connectivity index (χ0n) is 11.6. The number of halogens is 1. The molecule has 0 saturated heterocycles. The summed E-state index contributed by atoms with van der Waals surface area (Å²) in [6.45, 7) is 4.16. The Labute approximate surface area is 131 Å². The van der Waals surface area contributed by atoms with Crippen molar-refractivity contribution < 1.29 is 9.72 Å². The van der Waals surface area contributed by atoms with Gasteiger partial charge in [0.05, 0.1) is 10.5 Å². The van der Waals surface area contributed by atoms with E-state index >= 15 is 0 Å². The Balaban J connectivity index is 2.34. The maximum absolute atomic E-state index is 12.7. The van der Waals surface area contributed by atoms with Crippen molar-refractivity contribution in [2.45, 2.75) is 31.7 Å². The van der Waals surface area contributed by atoms with E-state index in [-0.39, 0.29) is 22.1 Å². The van der Waals surface area contributed by atoms with E-state index in [4.69, 9.17) is 0 Å². The van der Waals surface area contributed by atoms with E-state index in [0.717, 1.165) is 25.7 Å². The molecule has 1 saturated carbocycles. The highest BCUT2D eigenvalue weighted by molar-refractivity contribution is 9.10. The Kier molecular flexibility index (Phi) is 5.12. The molecule has 0 atom stereocenters. The first-order valence-corrected chi connectivity index (χ1v) is 7.70. The minimum Gasteiger partial charge on any atom is -0.332 e. The topological polar surface area (TPSA) is 63.5 Å². The molecule has 5 nitrogen and oxygen atoms in total. The summed E-state index contributed by atoms with van der Waals surface area (Å²) in [6.07, 6.45) is 5.88. The smallest absolute Gasteiger partial charge is 0.284 e. The third-order valence-electron chi connectivity index (χ3n) is 3.76. The molecule has 0 radical (unpaired) electrons.